The number of amides is 1. The molecular weight excluding hydrogens is 449 g/mol. The molecule has 1 aromatic carbocycles. The van der Waals surface area contributed by atoms with Crippen molar-refractivity contribution >= 4 is 56.1 Å². The summed E-state index contributed by atoms with van der Waals surface area (Å²) in [5.74, 6) is -0.380. The predicted octanol–water partition coefficient (Wildman–Crippen LogP) is 2.80. The van der Waals surface area contributed by atoms with E-state index in [1.807, 2.05) is 24.3 Å². The highest BCUT2D eigenvalue weighted by Crippen LogP contribution is 2.60. The number of ether oxygens (including phenoxy) is 1. The maximum atomic E-state index is 12.6. The molecule has 3 aliphatic rings. The Morgan fingerprint density at radius 2 is 2.00 bits per heavy atom. The van der Waals surface area contributed by atoms with Crippen molar-refractivity contribution in [1.82, 2.24) is 0 Å². The lowest BCUT2D eigenvalue weighted by Crippen LogP contribution is -2.40. The monoisotopic (exact) mass is 461 g/mol. The maximum absolute atomic E-state index is 12.6. The van der Waals surface area contributed by atoms with Crippen LogP contribution >= 0.6 is 38.5 Å². The SMILES string of the molecule is O=C(Nc1ccc(I)cc1)[C@@H]1[C@H]2C[C@H]3[C@H](OC(=O)[C@H]31)[C@@H]2Br. The Hall–Kier alpha value is -0.630. The van der Waals surface area contributed by atoms with Crippen molar-refractivity contribution in [2.45, 2.75) is 17.4 Å². The summed E-state index contributed by atoms with van der Waals surface area (Å²) in [6.07, 6.45) is 0.872. The van der Waals surface area contributed by atoms with Crippen LogP contribution in [0.5, 0.6) is 0 Å². The molecule has 1 aliphatic heterocycles. The van der Waals surface area contributed by atoms with E-state index in [-0.39, 0.29) is 46.5 Å². The third-order valence-electron chi connectivity index (χ3n) is 4.94. The van der Waals surface area contributed by atoms with Gasteiger partial charge in [-0.15, -0.1) is 0 Å². The Bertz CT molecular complexity index is 620. The van der Waals surface area contributed by atoms with Gasteiger partial charge in [0.15, 0.2) is 0 Å². The molecule has 2 saturated carbocycles. The number of alkyl halides is 1. The molecule has 1 heterocycles. The number of nitrogens with one attached hydrogen (secondary N) is 1. The Morgan fingerprint density at radius 1 is 1.29 bits per heavy atom. The van der Waals surface area contributed by atoms with Crippen molar-refractivity contribution in [3.63, 3.8) is 0 Å². The van der Waals surface area contributed by atoms with E-state index >= 15 is 0 Å². The number of hydrogen-bond donors (Lipinski definition) is 1. The van der Waals surface area contributed by atoms with Crippen molar-refractivity contribution in [3.8, 4) is 0 Å². The average Bonchev–Trinajstić information content (AvgIpc) is 3.05. The predicted molar refractivity (Wildman–Crippen MR) is 89.0 cm³/mol. The zero-order valence-corrected chi connectivity index (χ0v) is 14.7. The van der Waals surface area contributed by atoms with Crippen LogP contribution in [0.25, 0.3) is 0 Å². The molecule has 2 aliphatic carbocycles. The number of carbonyl (C=O) groups is 2. The molecule has 1 amide bonds. The normalized spacial score (nSPS) is 39.4. The molecule has 1 saturated heterocycles. The van der Waals surface area contributed by atoms with Crippen LogP contribution in [0, 0.1) is 27.2 Å². The molecule has 21 heavy (non-hydrogen) atoms. The van der Waals surface area contributed by atoms with Crippen LogP contribution < -0.4 is 5.32 Å². The van der Waals surface area contributed by atoms with E-state index in [9.17, 15) is 9.59 Å². The molecule has 4 rings (SSSR count). The maximum Gasteiger partial charge on any atom is 0.310 e. The van der Waals surface area contributed by atoms with Crippen molar-refractivity contribution in [1.29, 1.82) is 0 Å². The number of anilines is 1. The first-order valence-corrected chi connectivity index (χ1v) is 8.96. The summed E-state index contributed by atoms with van der Waals surface area (Å²) < 4.78 is 6.55. The average molecular weight is 462 g/mol. The van der Waals surface area contributed by atoms with Crippen molar-refractivity contribution in [3.05, 3.63) is 27.8 Å². The first-order chi connectivity index (χ1) is 10.1. The fourth-order valence-corrected chi connectivity index (χ4v) is 5.49. The van der Waals surface area contributed by atoms with Crippen LogP contribution in [0.3, 0.4) is 0 Å². The number of esters is 1. The standard InChI is InChI=1S/C15H13BrINO3/c16-12-8-5-9-11(15(20)21-13(9)12)10(8)14(19)18-7-3-1-6(17)2-4-7/h1-4,8-13H,5H2,(H,18,19)/t8-,9-,10-,11-,12-,13+/m1/s1. The molecule has 3 fully saturated rings. The largest absolute Gasteiger partial charge is 0.461 e. The van der Waals surface area contributed by atoms with Gasteiger partial charge in [0, 0.05) is 15.2 Å². The van der Waals surface area contributed by atoms with Gasteiger partial charge in [-0.25, -0.2) is 0 Å². The second-order valence-corrected chi connectivity index (χ2v) is 8.26. The molecule has 0 unspecified atom stereocenters. The minimum atomic E-state index is -0.273. The van der Waals surface area contributed by atoms with Gasteiger partial charge in [-0.2, -0.15) is 0 Å². The van der Waals surface area contributed by atoms with Gasteiger partial charge in [0.25, 0.3) is 0 Å². The first-order valence-electron chi connectivity index (χ1n) is 6.97. The van der Waals surface area contributed by atoms with Crippen molar-refractivity contribution in [2.75, 3.05) is 5.32 Å². The summed E-state index contributed by atoms with van der Waals surface area (Å²) in [5, 5.41) is 2.95. The van der Waals surface area contributed by atoms with Crippen LogP contribution in [0.1, 0.15) is 6.42 Å². The van der Waals surface area contributed by atoms with Crippen LogP contribution in [0.4, 0.5) is 5.69 Å². The number of rotatable bonds is 2. The highest BCUT2D eigenvalue weighted by atomic mass is 127. The van der Waals surface area contributed by atoms with E-state index in [2.05, 4.69) is 43.8 Å². The molecule has 4 nitrogen and oxygen atoms in total. The number of hydrogen-bond acceptors (Lipinski definition) is 3. The lowest BCUT2D eigenvalue weighted by Gasteiger charge is -2.27. The molecule has 0 aromatic heterocycles. The second kappa shape index (κ2) is 4.94. The zero-order chi connectivity index (χ0) is 14.7. The fourth-order valence-electron chi connectivity index (χ4n) is 4.09. The van der Waals surface area contributed by atoms with Gasteiger partial charge in [0.1, 0.15) is 6.10 Å². The topological polar surface area (TPSA) is 55.4 Å². The van der Waals surface area contributed by atoms with E-state index in [0.717, 1.165) is 15.7 Å². The van der Waals surface area contributed by atoms with Gasteiger partial charge >= 0.3 is 5.97 Å². The Labute approximate surface area is 144 Å². The number of benzene rings is 1. The summed E-state index contributed by atoms with van der Waals surface area (Å²) in [4.78, 5) is 24.8. The van der Waals surface area contributed by atoms with Crippen LogP contribution in [0.15, 0.2) is 24.3 Å². The molecule has 110 valence electrons. The molecule has 1 aromatic rings. The smallest absolute Gasteiger partial charge is 0.310 e. The molecule has 0 radical (unpaired) electrons. The highest BCUT2D eigenvalue weighted by molar-refractivity contribution is 14.1. The third-order valence-corrected chi connectivity index (χ3v) is 6.86. The summed E-state index contributed by atoms with van der Waals surface area (Å²) >= 11 is 5.84. The van der Waals surface area contributed by atoms with E-state index in [4.69, 9.17) is 4.74 Å². The lowest BCUT2D eigenvalue weighted by molar-refractivity contribution is -0.145. The van der Waals surface area contributed by atoms with Gasteiger partial charge in [-0.05, 0) is 59.2 Å². The van der Waals surface area contributed by atoms with Crippen LogP contribution in [0.2, 0.25) is 0 Å². The Morgan fingerprint density at radius 3 is 2.71 bits per heavy atom. The molecule has 6 heteroatoms. The molecule has 6 atom stereocenters. The zero-order valence-electron chi connectivity index (χ0n) is 11.0. The van der Waals surface area contributed by atoms with Gasteiger partial charge < -0.3 is 10.1 Å². The van der Waals surface area contributed by atoms with Gasteiger partial charge in [-0.3, -0.25) is 9.59 Å². The van der Waals surface area contributed by atoms with Gasteiger partial charge in [0.05, 0.1) is 16.7 Å². The van der Waals surface area contributed by atoms with Crippen molar-refractivity contribution < 1.29 is 14.3 Å². The van der Waals surface area contributed by atoms with Crippen molar-refractivity contribution in [2.24, 2.45) is 23.7 Å². The van der Waals surface area contributed by atoms with E-state index in [1.165, 1.54) is 0 Å². The number of halogens is 2. The minimum Gasteiger partial charge on any atom is -0.461 e. The molecule has 1 N–H and O–H groups in total. The molecule has 2 bridgehead atoms. The molecule has 0 spiro atoms. The van der Waals surface area contributed by atoms with Gasteiger partial charge in [0.2, 0.25) is 5.91 Å². The van der Waals surface area contributed by atoms with Gasteiger partial charge in [-0.1, -0.05) is 15.9 Å². The second-order valence-electron chi connectivity index (χ2n) is 5.96. The van der Waals surface area contributed by atoms with Crippen LogP contribution in [-0.2, 0) is 14.3 Å². The summed E-state index contributed by atoms with van der Waals surface area (Å²) in [6.45, 7) is 0. The highest BCUT2D eigenvalue weighted by Gasteiger charge is 2.67. The quantitative estimate of drug-likeness (QED) is 0.418. The summed E-state index contributed by atoms with van der Waals surface area (Å²) in [7, 11) is 0. The Kier molecular flexibility index (Phi) is 3.29. The Balaban J connectivity index is 1.57. The molecular formula is C15H13BrINO3. The fraction of sp³-hybridized carbons (Fsp3) is 0.467. The first kappa shape index (κ1) is 14.0. The minimum absolute atomic E-state index is 0.0325. The number of carbonyl (C=O) groups excluding carboxylic acids is 2. The van der Waals surface area contributed by atoms with Crippen LogP contribution in [-0.4, -0.2) is 22.8 Å². The number of fused-ring (bicyclic) bond motifs is 1. The lowest BCUT2D eigenvalue weighted by atomic mass is 9.79. The summed E-state index contributed by atoms with van der Waals surface area (Å²) in [6, 6.07) is 7.66. The third kappa shape index (κ3) is 2.05. The van der Waals surface area contributed by atoms with E-state index in [0.29, 0.717) is 0 Å². The van der Waals surface area contributed by atoms with E-state index in [1.54, 1.807) is 0 Å². The van der Waals surface area contributed by atoms with E-state index < -0.39 is 0 Å². The summed E-state index contributed by atoms with van der Waals surface area (Å²) in [5.41, 5.74) is 0.775.